The number of likely N-dealkylation sites (tertiary alicyclic amines) is 1. The molecule has 0 bridgehead atoms. The van der Waals surface area contributed by atoms with E-state index < -0.39 is 11.5 Å². The second-order valence-corrected chi connectivity index (χ2v) is 7.83. The van der Waals surface area contributed by atoms with Crippen LogP contribution in [0.3, 0.4) is 0 Å². The summed E-state index contributed by atoms with van der Waals surface area (Å²) in [5.74, 6) is 1.09. The first-order valence-electron chi connectivity index (χ1n) is 9.94. The highest BCUT2D eigenvalue weighted by Crippen LogP contribution is 2.45. The van der Waals surface area contributed by atoms with Crippen LogP contribution in [0.5, 0.6) is 5.75 Å². The SMILES string of the molecule is Cc1ccc2c(c1)C1(CCN(CCOc3cnc(C(C)N=O)nc3)CC1)C(=O)N2. The zero-order valence-corrected chi connectivity index (χ0v) is 16.7. The molecule has 1 N–H and O–H groups in total. The molecule has 0 saturated carbocycles. The first kappa shape index (κ1) is 19.4. The number of amides is 1. The number of carbonyl (C=O) groups excluding carboxylic acids is 1. The van der Waals surface area contributed by atoms with Crippen molar-refractivity contribution in [2.24, 2.45) is 5.18 Å². The number of aromatic nitrogens is 2. The Hall–Kier alpha value is -2.87. The van der Waals surface area contributed by atoms with Crippen molar-refractivity contribution in [1.82, 2.24) is 14.9 Å². The molecule has 4 rings (SSSR count). The van der Waals surface area contributed by atoms with Crippen molar-refractivity contribution in [3.8, 4) is 5.75 Å². The van der Waals surface area contributed by atoms with Crippen LogP contribution in [0.25, 0.3) is 0 Å². The number of rotatable bonds is 6. The van der Waals surface area contributed by atoms with Crippen molar-refractivity contribution < 1.29 is 9.53 Å². The fraction of sp³-hybridized carbons (Fsp3) is 0.476. The minimum Gasteiger partial charge on any atom is -0.489 e. The van der Waals surface area contributed by atoms with Gasteiger partial charge in [0.25, 0.3) is 0 Å². The molecule has 1 fully saturated rings. The van der Waals surface area contributed by atoms with E-state index in [2.05, 4.69) is 38.4 Å². The first-order valence-corrected chi connectivity index (χ1v) is 9.94. The summed E-state index contributed by atoms with van der Waals surface area (Å²) in [6.07, 6.45) is 4.75. The number of anilines is 1. The summed E-state index contributed by atoms with van der Waals surface area (Å²) in [4.78, 5) is 33.8. The molecular formula is C21H25N5O3. The number of fused-ring (bicyclic) bond motifs is 2. The van der Waals surface area contributed by atoms with Crippen molar-refractivity contribution in [2.75, 3.05) is 31.6 Å². The summed E-state index contributed by atoms with van der Waals surface area (Å²) in [5, 5.41) is 5.97. The number of nitrogens with zero attached hydrogens (tertiary/aromatic N) is 4. The highest BCUT2D eigenvalue weighted by molar-refractivity contribution is 6.06. The Bertz CT molecular complexity index is 907. The smallest absolute Gasteiger partial charge is 0.235 e. The van der Waals surface area contributed by atoms with Crippen molar-refractivity contribution in [3.05, 3.63) is 52.5 Å². The lowest BCUT2D eigenvalue weighted by molar-refractivity contribution is -0.122. The molecule has 1 saturated heterocycles. The Morgan fingerprint density at radius 1 is 1.28 bits per heavy atom. The van der Waals surface area contributed by atoms with Gasteiger partial charge in [0.2, 0.25) is 5.91 Å². The molecule has 1 unspecified atom stereocenters. The van der Waals surface area contributed by atoms with Crippen LogP contribution in [0.2, 0.25) is 0 Å². The van der Waals surface area contributed by atoms with Crippen LogP contribution in [-0.2, 0) is 10.2 Å². The van der Waals surface area contributed by atoms with E-state index in [-0.39, 0.29) is 5.91 Å². The molecule has 3 heterocycles. The van der Waals surface area contributed by atoms with Crippen molar-refractivity contribution >= 4 is 11.6 Å². The molecule has 8 nitrogen and oxygen atoms in total. The molecule has 1 amide bonds. The normalized spacial score (nSPS) is 18.9. The molecule has 0 radical (unpaired) electrons. The number of ether oxygens (including phenoxy) is 1. The molecule has 152 valence electrons. The number of hydrogen-bond acceptors (Lipinski definition) is 7. The average molecular weight is 395 g/mol. The first-order chi connectivity index (χ1) is 14.0. The molecule has 2 aliphatic heterocycles. The molecule has 1 spiro atoms. The van der Waals surface area contributed by atoms with Gasteiger partial charge >= 0.3 is 0 Å². The fourth-order valence-corrected chi connectivity index (χ4v) is 4.14. The van der Waals surface area contributed by atoms with Gasteiger partial charge in [-0.25, -0.2) is 9.97 Å². The second-order valence-electron chi connectivity index (χ2n) is 7.83. The number of nitroso groups, excluding NO2 is 1. The summed E-state index contributed by atoms with van der Waals surface area (Å²) in [7, 11) is 0. The Morgan fingerprint density at radius 2 is 2.00 bits per heavy atom. The lowest BCUT2D eigenvalue weighted by Gasteiger charge is -2.38. The number of nitrogens with one attached hydrogen (secondary N) is 1. The molecular weight excluding hydrogens is 370 g/mol. The van der Waals surface area contributed by atoms with E-state index in [0.29, 0.717) is 18.2 Å². The largest absolute Gasteiger partial charge is 0.489 e. The number of benzene rings is 1. The predicted molar refractivity (Wildman–Crippen MR) is 109 cm³/mol. The summed E-state index contributed by atoms with van der Waals surface area (Å²) >= 11 is 0. The predicted octanol–water partition coefficient (Wildman–Crippen LogP) is 2.98. The van der Waals surface area contributed by atoms with Crippen LogP contribution in [0, 0.1) is 11.8 Å². The minimum absolute atomic E-state index is 0.130. The Morgan fingerprint density at radius 3 is 2.69 bits per heavy atom. The van der Waals surface area contributed by atoms with Crippen LogP contribution in [0.4, 0.5) is 5.69 Å². The highest BCUT2D eigenvalue weighted by Gasteiger charge is 2.48. The molecule has 29 heavy (non-hydrogen) atoms. The molecule has 2 aromatic rings. The lowest BCUT2D eigenvalue weighted by Crippen LogP contribution is -2.47. The van der Waals surface area contributed by atoms with Crippen LogP contribution in [-0.4, -0.2) is 47.0 Å². The molecule has 2 aliphatic rings. The Kier molecular flexibility index (Phi) is 5.27. The van der Waals surface area contributed by atoms with E-state index in [1.165, 1.54) is 5.56 Å². The third kappa shape index (κ3) is 3.72. The van der Waals surface area contributed by atoms with Gasteiger partial charge in [-0.15, -0.1) is 0 Å². The Balaban J connectivity index is 1.30. The van der Waals surface area contributed by atoms with Gasteiger partial charge in [-0.3, -0.25) is 9.69 Å². The summed E-state index contributed by atoms with van der Waals surface area (Å²) < 4.78 is 5.73. The standard InChI is InChI=1S/C21H25N5O3/c1-14-3-4-18-17(11-14)21(20(27)24-18)5-7-26(8-6-21)9-10-29-16-12-22-19(23-13-16)15(2)25-28/h3-4,11-13,15H,5-10H2,1-2H3,(H,24,27). The maximum absolute atomic E-state index is 12.7. The van der Waals surface area contributed by atoms with E-state index in [1.54, 1.807) is 19.3 Å². The topological polar surface area (TPSA) is 96.8 Å². The molecule has 1 aromatic carbocycles. The van der Waals surface area contributed by atoms with Crippen molar-refractivity contribution in [1.29, 1.82) is 0 Å². The van der Waals surface area contributed by atoms with Gasteiger partial charge in [-0.05, 0) is 51.4 Å². The zero-order chi connectivity index (χ0) is 20.4. The maximum atomic E-state index is 12.7. The van der Waals surface area contributed by atoms with E-state index in [1.807, 2.05) is 12.1 Å². The van der Waals surface area contributed by atoms with Crippen LogP contribution >= 0.6 is 0 Å². The van der Waals surface area contributed by atoms with Gasteiger partial charge in [0.05, 0.1) is 17.8 Å². The third-order valence-corrected chi connectivity index (χ3v) is 5.94. The van der Waals surface area contributed by atoms with Crippen LogP contribution < -0.4 is 10.1 Å². The van der Waals surface area contributed by atoms with Crippen molar-refractivity contribution in [2.45, 2.75) is 38.1 Å². The fourth-order valence-electron chi connectivity index (χ4n) is 4.14. The second kappa shape index (κ2) is 7.87. The zero-order valence-electron chi connectivity index (χ0n) is 16.7. The molecule has 1 atom stereocenters. The van der Waals surface area contributed by atoms with E-state index >= 15 is 0 Å². The van der Waals surface area contributed by atoms with Crippen molar-refractivity contribution in [3.63, 3.8) is 0 Å². The van der Waals surface area contributed by atoms with Crippen LogP contribution in [0.15, 0.2) is 35.8 Å². The number of hydrogen-bond donors (Lipinski definition) is 1. The van der Waals surface area contributed by atoms with E-state index in [4.69, 9.17) is 4.74 Å². The third-order valence-electron chi connectivity index (χ3n) is 5.94. The van der Waals surface area contributed by atoms with Gasteiger partial charge in [0.15, 0.2) is 11.6 Å². The average Bonchev–Trinajstić information content (AvgIpc) is 3.00. The lowest BCUT2D eigenvalue weighted by atomic mass is 9.73. The highest BCUT2D eigenvalue weighted by atomic mass is 16.5. The summed E-state index contributed by atoms with van der Waals surface area (Å²) in [6.45, 7) is 6.70. The van der Waals surface area contributed by atoms with E-state index in [9.17, 15) is 9.70 Å². The van der Waals surface area contributed by atoms with Crippen LogP contribution in [0.1, 0.15) is 42.8 Å². The van der Waals surface area contributed by atoms with Gasteiger partial charge in [-0.1, -0.05) is 22.9 Å². The van der Waals surface area contributed by atoms with E-state index in [0.717, 1.165) is 43.7 Å². The monoisotopic (exact) mass is 395 g/mol. The summed E-state index contributed by atoms with van der Waals surface area (Å²) in [6, 6.07) is 5.64. The number of aryl methyl sites for hydroxylation is 1. The maximum Gasteiger partial charge on any atom is 0.235 e. The number of carbonyl (C=O) groups is 1. The number of piperidine rings is 1. The Labute approximate surface area is 169 Å². The molecule has 0 aliphatic carbocycles. The van der Waals surface area contributed by atoms with Gasteiger partial charge < -0.3 is 10.1 Å². The van der Waals surface area contributed by atoms with Gasteiger partial charge in [0.1, 0.15) is 12.6 Å². The van der Waals surface area contributed by atoms with Gasteiger partial charge in [-0.2, -0.15) is 4.91 Å². The molecule has 8 heteroatoms. The van der Waals surface area contributed by atoms with Gasteiger partial charge in [0, 0.05) is 12.2 Å². The quantitative estimate of drug-likeness (QED) is 0.756. The summed E-state index contributed by atoms with van der Waals surface area (Å²) in [5.41, 5.74) is 2.89. The molecule has 1 aromatic heterocycles. The minimum atomic E-state index is -0.563.